The lowest BCUT2D eigenvalue weighted by Gasteiger charge is -2.46. The van der Waals surface area contributed by atoms with Gasteiger partial charge in [0.05, 0.1) is 11.8 Å². The van der Waals surface area contributed by atoms with E-state index in [1.807, 2.05) is 4.90 Å². The Morgan fingerprint density at radius 3 is 1.98 bits per heavy atom. The highest BCUT2D eigenvalue weighted by atomic mass is 32.2. The first kappa shape index (κ1) is 34.0. The zero-order valence-corrected chi connectivity index (χ0v) is 25.0. The number of sulfonamides is 1. The number of hydrogen-bond donors (Lipinski definition) is 1. The van der Waals surface area contributed by atoms with Gasteiger partial charge >= 0.3 is 23.9 Å². The molecular formula is C27H46N2O10S. The standard InChI is InChI=1S/C27H46N2O10S/c1-19(30)36-17-24-26(38-21(3)32)27(39-22(4)33)25(37-20(2)31)16-29(24)15-11-6-5-10-14-28-40(34,35)18-23-12-8-7-9-13-23/h23-28H,5-18H2,1-4H3/t24-,25+,26-,27-/m1/s1. The molecule has 1 aliphatic carbocycles. The molecule has 0 radical (unpaired) electrons. The van der Waals surface area contributed by atoms with Crippen LogP contribution < -0.4 is 4.72 Å². The molecule has 0 amide bonds. The number of nitrogens with one attached hydrogen (secondary N) is 1. The molecule has 2 rings (SSSR count). The highest BCUT2D eigenvalue weighted by molar-refractivity contribution is 7.89. The van der Waals surface area contributed by atoms with Crippen LogP contribution in [0.25, 0.3) is 0 Å². The minimum absolute atomic E-state index is 0.111. The van der Waals surface area contributed by atoms with Crippen molar-refractivity contribution in [2.45, 2.75) is 110 Å². The summed E-state index contributed by atoms with van der Waals surface area (Å²) >= 11 is 0. The average molecular weight is 591 g/mol. The average Bonchev–Trinajstić information content (AvgIpc) is 2.84. The highest BCUT2D eigenvalue weighted by Crippen LogP contribution is 2.28. The van der Waals surface area contributed by atoms with Crippen LogP contribution in [0.15, 0.2) is 0 Å². The number of ether oxygens (including phenoxy) is 4. The van der Waals surface area contributed by atoms with Crippen LogP contribution in [0.2, 0.25) is 0 Å². The molecule has 4 atom stereocenters. The van der Waals surface area contributed by atoms with Crippen LogP contribution in [0.4, 0.5) is 0 Å². The van der Waals surface area contributed by atoms with Gasteiger partial charge in [-0.05, 0) is 38.1 Å². The Hall–Kier alpha value is -2.25. The molecule has 1 saturated heterocycles. The van der Waals surface area contributed by atoms with Gasteiger partial charge in [-0.1, -0.05) is 32.1 Å². The number of nitrogens with zero attached hydrogens (tertiary/aromatic N) is 1. The number of carbonyl (C=O) groups is 4. The van der Waals surface area contributed by atoms with Gasteiger partial charge in [0.2, 0.25) is 10.0 Å². The summed E-state index contributed by atoms with van der Waals surface area (Å²) in [5, 5.41) is 0. The van der Waals surface area contributed by atoms with Crippen molar-refractivity contribution in [3.63, 3.8) is 0 Å². The van der Waals surface area contributed by atoms with Crippen molar-refractivity contribution < 1.29 is 46.5 Å². The van der Waals surface area contributed by atoms with Crippen molar-refractivity contribution in [3.8, 4) is 0 Å². The molecule has 1 heterocycles. The van der Waals surface area contributed by atoms with Gasteiger partial charge in [-0.2, -0.15) is 0 Å². The molecule has 0 spiro atoms. The minimum Gasteiger partial charge on any atom is -0.464 e. The number of piperidine rings is 1. The second-order valence-corrected chi connectivity index (χ2v) is 12.6. The summed E-state index contributed by atoms with van der Waals surface area (Å²) in [6.07, 6.45) is 5.37. The number of hydrogen-bond acceptors (Lipinski definition) is 11. The van der Waals surface area contributed by atoms with Crippen LogP contribution in [0, 0.1) is 5.92 Å². The first-order chi connectivity index (χ1) is 18.9. The van der Waals surface area contributed by atoms with E-state index in [0.717, 1.165) is 38.5 Å². The topological polar surface area (TPSA) is 155 Å². The monoisotopic (exact) mass is 590 g/mol. The zero-order chi connectivity index (χ0) is 29.7. The van der Waals surface area contributed by atoms with Crippen molar-refractivity contribution in [1.82, 2.24) is 9.62 Å². The van der Waals surface area contributed by atoms with E-state index >= 15 is 0 Å². The Morgan fingerprint density at radius 1 is 0.775 bits per heavy atom. The Bertz CT molecular complexity index is 951. The molecule has 2 fully saturated rings. The van der Waals surface area contributed by atoms with Crippen LogP contribution in [0.3, 0.4) is 0 Å². The third-order valence-electron chi connectivity index (χ3n) is 7.21. The fraction of sp³-hybridized carbons (Fsp3) is 0.852. The first-order valence-corrected chi connectivity index (χ1v) is 15.9. The molecule has 13 heteroatoms. The quantitative estimate of drug-likeness (QED) is 0.169. The summed E-state index contributed by atoms with van der Waals surface area (Å²) in [5.74, 6) is -1.89. The minimum atomic E-state index is -3.28. The maximum Gasteiger partial charge on any atom is 0.303 e. The number of rotatable bonds is 15. The molecule has 0 aromatic carbocycles. The fourth-order valence-electron chi connectivity index (χ4n) is 5.50. The van der Waals surface area contributed by atoms with Crippen molar-refractivity contribution >= 4 is 33.9 Å². The molecule has 230 valence electrons. The van der Waals surface area contributed by atoms with Gasteiger partial charge in [-0.25, -0.2) is 13.1 Å². The predicted octanol–water partition coefficient (Wildman–Crippen LogP) is 2.09. The molecule has 0 aromatic rings. The van der Waals surface area contributed by atoms with Crippen LogP contribution in [-0.2, 0) is 48.1 Å². The zero-order valence-electron chi connectivity index (χ0n) is 24.2. The van der Waals surface area contributed by atoms with Crippen LogP contribution in [0.5, 0.6) is 0 Å². The highest BCUT2D eigenvalue weighted by Gasteiger charge is 2.49. The predicted molar refractivity (Wildman–Crippen MR) is 145 cm³/mol. The Morgan fingerprint density at radius 2 is 1.38 bits per heavy atom. The molecule has 2 aliphatic rings. The van der Waals surface area contributed by atoms with Gasteiger partial charge in [0, 0.05) is 40.8 Å². The Balaban J connectivity index is 1.95. The molecule has 0 bridgehead atoms. The van der Waals surface area contributed by atoms with E-state index in [2.05, 4.69) is 4.72 Å². The summed E-state index contributed by atoms with van der Waals surface area (Å²) in [5.41, 5.74) is 0. The lowest BCUT2D eigenvalue weighted by molar-refractivity contribution is -0.207. The molecule has 0 aromatic heterocycles. The largest absolute Gasteiger partial charge is 0.464 e. The molecule has 1 aliphatic heterocycles. The number of carbonyl (C=O) groups excluding carboxylic acids is 4. The molecular weight excluding hydrogens is 544 g/mol. The third-order valence-corrected chi connectivity index (χ3v) is 8.76. The van der Waals surface area contributed by atoms with Gasteiger partial charge in [0.1, 0.15) is 6.61 Å². The Kier molecular flexibility index (Phi) is 14.3. The lowest BCUT2D eigenvalue weighted by Crippen LogP contribution is -2.65. The van der Waals surface area contributed by atoms with E-state index in [1.54, 1.807) is 0 Å². The molecule has 0 unspecified atom stereocenters. The van der Waals surface area contributed by atoms with Gasteiger partial charge in [0.15, 0.2) is 18.3 Å². The van der Waals surface area contributed by atoms with E-state index in [-0.39, 0.29) is 24.8 Å². The summed E-state index contributed by atoms with van der Waals surface area (Å²) in [6, 6.07) is -0.629. The molecule has 40 heavy (non-hydrogen) atoms. The summed E-state index contributed by atoms with van der Waals surface area (Å²) < 4.78 is 49.2. The van der Waals surface area contributed by atoms with Crippen molar-refractivity contribution in [1.29, 1.82) is 0 Å². The number of esters is 4. The van der Waals surface area contributed by atoms with E-state index in [0.29, 0.717) is 25.9 Å². The van der Waals surface area contributed by atoms with Gasteiger partial charge in [-0.3, -0.25) is 24.1 Å². The van der Waals surface area contributed by atoms with Crippen LogP contribution in [-0.4, -0.2) is 93.5 Å². The van der Waals surface area contributed by atoms with Crippen molar-refractivity contribution in [2.75, 3.05) is 32.0 Å². The fourth-order valence-corrected chi connectivity index (χ4v) is 7.03. The normalized spacial score (nSPS) is 24.2. The third kappa shape index (κ3) is 12.5. The van der Waals surface area contributed by atoms with E-state index < -0.39 is 58.3 Å². The van der Waals surface area contributed by atoms with Crippen LogP contribution in [0.1, 0.15) is 85.5 Å². The van der Waals surface area contributed by atoms with Crippen molar-refractivity contribution in [3.05, 3.63) is 0 Å². The van der Waals surface area contributed by atoms with E-state index in [4.69, 9.17) is 18.9 Å². The number of unbranched alkanes of at least 4 members (excludes halogenated alkanes) is 3. The maximum atomic E-state index is 12.4. The van der Waals surface area contributed by atoms with Crippen LogP contribution >= 0.6 is 0 Å². The summed E-state index contributed by atoms with van der Waals surface area (Å²) in [4.78, 5) is 49.1. The SMILES string of the molecule is CC(=O)OC[C@@H]1[C@@H](OC(C)=O)[C@H](OC(C)=O)[C@@H](OC(C)=O)CN1CCCCCCNS(=O)(=O)CC1CCCCC1. The smallest absolute Gasteiger partial charge is 0.303 e. The lowest BCUT2D eigenvalue weighted by atomic mass is 9.91. The van der Waals surface area contributed by atoms with Gasteiger partial charge < -0.3 is 18.9 Å². The first-order valence-electron chi connectivity index (χ1n) is 14.2. The number of likely N-dealkylation sites (tertiary alicyclic amines) is 1. The second-order valence-electron chi connectivity index (χ2n) is 10.8. The van der Waals surface area contributed by atoms with Gasteiger partial charge in [-0.15, -0.1) is 0 Å². The molecule has 1 N–H and O–H groups in total. The maximum absolute atomic E-state index is 12.4. The van der Waals surface area contributed by atoms with Gasteiger partial charge in [0.25, 0.3) is 0 Å². The van der Waals surface area contributed by atoms with E-state index in [1.165, 1.54) is 34.1 Å². The summed E-state index contributed by atoms with van der Waals surface area (Å²) in [6.45, 7) is 5.90. The second kappa shape index (κ2) is 16.9. The van der Waals surface area contributed by atoms with Crippen molar-refractivity contribution in [2.24, 2.45) is 5.92 Å². The molecule has 1 saturated carbocycles. The summed E-state index contributed by atoms with van der Waals surface area (Å²) in [7, 11) is -3.28. The van der Waals surface area contributed by atoms with E-state index in [9.17, 15) is 27.6 Å². The Labute approximate surface area is 237 Å². The molecule has 12 nitrogen and oxygen atoms in total.